The van der Waals surface area contributed by atoms with Gasteiger partial charge in [-0.1, -0.05) is 34.9 Å². The third-order valence-corrected chi connectivity index (χ3v) is 4.09. The first-order valence-electron chi connectivity index (χ1n) is 8.41. The fraction of sp³-hybridized carbons (Fsp3) is 0.444. The lowest BCUT2D eigenvalue weighted by Gasteiger charge is -2.11. The van der Waals surface area contributed by atoms with Gasteiger partial charge in [-0.05, 0) is 43.0 Å². The van der Waals surface area contributed by atoms with Gasteiger partial charge in [0, 0.05) is 23.6 Å². The van der Waals surface area contributed by atoms with Crippen LogP contribution >= 0.6 is 39.9 Å². The normalized spacial score (nSPS) is 11.4. The van der Waals surface area contributed by atoms with Crippen LogP contribution < -0.4 is 10.6 Å². The molecular formula is C18H25BrFIN4O. The topological polar surface area (TPSA) is 62.5 Å². The number of benzene rings is 1. The highest BCUT2D eigenvalue weighted by molar-refractivity contribution is 14.0. The average Bonchev–Trinajstić information content (AvgIpc) is 3.05. The van der Waals surface area contributed by atoms with Gasteiger partial charge in [0.25, 0.3) is 0 Å². The van der Waals surface area contributed by atoms with E-state index in [2.05, 4.69) is 50.6 Å². The zero-order valence-electron chi connectivity index (χ0n) is 15.2. The molecule has 144 valence electrons. The number of aliphatic imine (C=N–C) groups is 1. The van der Waals surface area contributed by atoms with Gasteiger partial charge < -0.3 is 15.2 Å². The van der Waals surface area contributed by atoms with Crippen molar-refractivity contribution < 1.29 is 8.91 Å². The third kappa shape index (κ3) is 7.22. The standard InChI is InChI=1S/C18H24BrFN4O.HI/c1-4-21-18(23-11-15-10-17(12(2)3)24-25-15)22-8-7-13-9-14(19)5-6-16(13)20;/h5-6,9-10,12H,4,7-8,11H2,1-3H3,(H2,21,22,23);1H. The lowest BCUT2D eigenvalue weighted by atomic mass is 10.1. The second-order valence-corrected chi connectivity index (χ2v) is 6.90. The van der Waals surface area contributed by atoms with Gasteiger partial charge in [0.15, 0.2) is 11.7 Å². The molecule has 2 aromatic rings. The molecule has 0 atom stereocenters. The zero-order valence-corrected chi connectivity index (χ0v) is 19.1. The number of nitrogens with one attached hydrogen (secondary N) is 2. The maximum Gasteiger partial charge on any atom is 0.191 e. The van der Waals surface area contributed by atoms with Crippen molar-refractivity contribution in [1.29, 1.82) is 0 Å². The summed E-state index contributed by atoms with van der Waals surface area (Å²) in [6, 6.07) is 6.88. The second kappa shape index (κ2) is 11.5. The van der Waals surface area contributed by atoms with Crippen LogP contribution in [-0.2, 0) is 13.0 Å². The zero-order chi connectivity index (χ0) is 18.2. The van der Waals surface area contributed by atoms with E-state index < -0.39 is 0 Å². The summed E-state index contributed by atoms with van der Waals surface area (Å²) >= 11 is 3.37. The average molecular weight is 539 g/mol. The largest absolute Gasteiger partial charge is 0.359 e. The molecule has 1 aromatic carbocycles. The Balaban J connectivity index is 0.00000338. The summed E-state index contributed by atoms with van der Waals surface area (Å²) in [6.07, 6.45) is 0.565. The van der Waals surface area contributed by atoms with E-state index >= 15 is 0 Å². The first-order chi connectivity index (χ1) is 12.0. The van der Waals surface area contributed by atoms with Crippen LogP contribution in [0, 0.1) is 5.82 Å². The SMILES string of the molecule is CCNC(=NCc1cc(C(C)C)no1)NCCc1cc(Br)ccc1F.I. The van der Waals surface area contributed by atoms with Gasteiger partial charge >= 0.3 is 0 Å². The molecule has 0 saturated carbocycles. The lowest BCUT2D eigenvalue weighted by molar-refractivity contribution is 0.376. The van der Waals surface area contributed by atoms with Crippen LogP contribution in [0.5, 0.6) is 0 Å². The Labute approximate surface area is 179 Å². The molecule has 5 nitrogen and oxygen atoms in total. The van der Waals surface area contributed by atoms with Crippen molar-refractivity contribution in [3.63, 3.8) is 0 Å². The van der Waals surface area contributed by atoms with Crippen LogP contribution in [0.25, 0.3) is 0 Å². The Morgan fingerprint density at radius 3 is 2.73 bits per heavy atom. The number of nitrogens with zero attached hydrogens (tertiary/aromatic N) is 2. The fourth-order valence-electron chi connectivity index (χ4n) is 2.22. The van der Waals surface area contributed by atoms with Crippen molar-refractivity contribution in [2.24, 2.45) is 4.99 Å². The van der Waals surface area contributed by atoms with E-state index in [9.17, 15) is 4.39 Å². The Hall–Kier alpha value is -1.16. The molecule has 2 N–H and O–H groups in total. The van der Waals surface area contributed by atoms with E-state index in [-0.39, 0.29) is 29.8 Å². The summed E-state index contributed by atoms with van der Waals surface area (Å²) in [5, 5.41) is 10.4. The summed E-state index contributed by atoms with van der Waals surface area (Å²) in [4.78, 5) is 4.49. The minimum absolute atomic E-state index is 0. The molecule has 1 aromatic heterocycles. The van der Waals surface area contributed by atoms with E-state index in [4.69, 9.17) is 4.52 Å². The first kappa shape index (κ1) is 22.9. The van der Waals surface area contributed by atoms with Crippen LogP contribution in [0.15, 0.2) is 38.3 Å². The lowest BCUT2D eigenvalue weighted by Crippen LogP contribution is -2.38. The summed E-state index contributed by atoms with van der Waals surface area (Å²) < 4.78 is 19.9. The van der Waals surface area contributed by atoms with Crippen molar-refractivity contribution in [3.8, 4) is 0 Å². The van der Waals surface area contributed by atoms with E-state index in [1.807, 2.05) is 13.0 Å². The summed E-state index contributed by atoms with van der Waals surface area (Å²) in [5.41, 5.74) is 1.59. The number of halogens is 3. The molecule has 0 aliphatic heterocycles. The Kier molecular flexibility index (Phi) is 10.1. The molecule has 0 saturated heterocycles. The molecule has 0 unspecified atom stereocenters. The van der Waals surface area contributed by atoms with Crippen LogP contribution in [0.3, 0.4) is 0 Å². The highest BCUT2D eigenvalue weighted by atomic mass is 127. The molecule has 0 bridgehead atoms. The van der Waals surface area contributed by atoms with Gasteiger partial charge in [-0.25, -0.2) is 9.38 Å². The molecule has 8 heteroatoms. The van der Waals surface area contributed by atoms with Crippen LogP contribution in [0.4, 0.5) is 4.39 Å². The van der Waals surface area contributed by atoms with Crippen molar-refractivity contribution in [2.75, 3.05) is 13.1 Å². The van der Waals surface area contributed by atoms with Crippen LogP contribution in [0.1, 0.15) is 43.7 Å². The third-order valence-electron chi connectivity index (χ3n) is 3.60. The summed E-state index contributed by atoms with van der Waals surface area (Å²) in [5.74, 6) is 1.52. The minimum Gasteiger partial charge on any atom is -0.359 e. The van der Waals surface area contributed by atoms with Crippen molar-refractivity contribution in [1.82, 2.24) is 15.8 Å². The number of guanidine groups is 1. The predicted molar refractivity (Wildman–Crippen MR) is 117 cm³/mol. The van der Waals surface area contributed by atoms with Gasteiger partial charge in [0.05, 0.1) is 5.69 Å². The van der Waals surface area contributed by atoms with Gasteiger partial charge in [-0.15, -0.1) is 24.0 Å². The Morgan fingerprint density at radius 1 is 1.31 bits per heavy atom. The molecule has 26 heavy (non-hydrogen) atoms. The monoisotopic (exact) mass is 538 g/mol. The minimum atomic E-state index is -0.199. The molecule has 0 spiro atoms. The van der Waals surface area contributed by atoms with Crippen molar-refractivity contribution >= 4 is 45.9 Å². The number of rotatable bonds is 7. The highest BCUT2D eigenvalue weighted by Crippen LogP contribution is 2.16. The summed E-state index contributed by atoms with van der Waals surface area (Å²) in [7, 11) is 0. The Bertz CT molecular complexity index is 721. The molecule has 0 radical (unpaired) electrons. The quantitative estimate of drug-likeness (QED) is 0.307. The van der Waals surface area contributed by atoms with Crippen LogP contribution in [0.2, 0.25) is 0 Å². The Morgan fingerprint density at radius 2 is 2.08 bits per heavy atom. The summed E-state index contributed by atoms with van der Waals surface area (Å²) in [6.45, 7) is 7.85. The van der Waals surface area contributed by atoms with Gasteiger partial charge in [-0.3, -0.25) is 0 Å². The number of aromatic nitrogens is 1. The van der Waals surface area contributed by atoms with E-state index in [1.54, 1.807) is 12.1 Å². The van der Waals surface area contributed by atoms with Gasteiger partial charge in [-0.2, -0.15) is 0 Å². The van der Waals surface area contributed by atoms with E-state index in [1.165, 1.54) is 6.07 Å². The number of hydrogen-bond donors (Lipinski definition) is 2. The molecule has 0 fully saturated rings. The maximum atomic E-state index is 13.8. The van der Waals surface area contributed by atoms with E-state index in [0.29, 0.717) is 37.0 Å². The molecule has 0 amide bonds. The molecule has 0 aliphatic rings. The molecule has 2 rings (SSSR count). The molecule has 1 heterocycles. The molecular weight excluding hydrogens is 514 g/mol. The molecule has 0 aliphatic carbocycles. The first-order valence-corrected chi connectivity index (χ1v) is 9.20. The number of hydrogen-bond acceptors (Lipinski definition) is 3. The smallest absolute Gasteiger partial charge is 0.191 e. The fourth-order valence-corrected chi connectivity index (χ4v) is 2.63. The van der Waals surface area contributed by atoms with Crippen molar-refractivity contribution in [3.05, 3.63) is 51.6 Å². The van der Waals surface area contributed by atoms with Gasteiger partial charge in [0.2, 0.25) is 0 Å². The van der Waals surface area contributed by atoms with E-state index in [0.717, 1.165) is 22.5 Å². The van der Waals surface area contributed by atoms with Gasteiger partial charge in [0.1, 0.15) is 12.4 Å². The van der Waals surface area contributed by atoms with Crippen LogP contribution in [-0.4, -0.2) is 24.2 Å². The highest BCUT2D eigenvalue weighted by Gasteiger charge is 2.08. The predicted octanol–water partition coefficient (Wildman–Crippen LogP) is 4.62. The maximum absolute atomic E-state index is 13.8. The van der Waals surface area contributed by atoms with Crippen molar-refractivity contribution in [2.45, 2.75) is 39.7 Å². The second-order valence-electron chi connectivity index (χ2n) is 5.98.